The van der Waals surface area contributed by atoms with Crippen LogP contribution < -0.4 is 0 Å². The van der Waals surface area contributed by atoms with E-state index in [-0.39, 0.29) is 12.0 Å². The monoisotopic (exact) mass is 361 g/mol. The van der Waals surface area contributed by atoms with Crippen molar-refractivity contribution < 1.29 is 9.53 Å². The minimum atomic E-state index is 0.0757. The van der Waals surface area contributed by atoms with Crippen molar-refractivity contribution >= 4 is 37.8 Å². The van der Waals surface area contributed by atoms with Gasteiger partial charge in [-0.3, -0.25) is 4.79 Å². The zero-order chi connectivity index (χ0) is 12.3. The van der Waals surface area contributed by atoms with E-state index in [2.05, 4.69) is 31.9 Å². The quantitative estimate of drug-likeness (QED) is 0.757. The van der Waals surface area contributed by atoms with Gasteiger partial charge in [0.05, 0.1) is 12.7 Å². The summed E-state index contributed by atoms with van der Waals surface area (Å²) in [5, 5.41) is 0.761. The van der Waals surface area contributed by atoms with E-state index in [9.17, 15) is 4.79 Å². The number of carbonyl (C=O) groups is 1. The Labute approximate surface area is 117 Å². The van der Waals surface area contributed by atoms with Crippen molar-refractivity contribution in [3.05, 3.63) is 34.3 Å². The summed E-state index contributed by atoms with van der Waals surface area (Å²) in [4.78, 5) is 14.1. The van der Waals surface area contributed by atoms with Gasteiger partial charge in [0.25, 0.3) is 5.91 Å². The highest BCUT2D eigenvalue weighted by Gasteiger charge is 2.24. The number of halogens is 2. The summed E-state index contributed by atoms with van der Waals surface area (Å²) in [5.41, 5.74) is 0.725. The highest BCUT2D eigenvalue weighted by atomic mass is 79.9. The first kappa shape index (κ1) is 13.1. The summed E-state index contributed by atoms with van der Waals surface area (Å²) in [6.07, 6.45) is 0.100. The van der Waals surface area contributed by atoms with Crippen LogP contribution in [0.15, 0.2) is 28.7 Å². The minimum Gasteiger partial charge on any atom is -0.374 e. The summed E-state index contributed by atoms with van der Waals surface area (Å²) in [6, 6.07) is 7.45. The predicted octanol–water partition coefficient (Wildman–Crippen LogP) is 2.69. The Morgan fingerprint density at radius 3 is 2.76 bits per heavy atom. The average Bonchev–Trinajstić information content (AvgIpc) is 2.39. The molecule has 0 radical (unpaired) electrons. The van der Waals surface area contributed by atoms with Crippen LogP contribution in [0.1, 0.15) is 10.4 Å². The SMILES string of the molecule is O=C(c1ccc(Br)cc1)N1CCOC(CBr)C1. The van der Waals surface area contributed by atoms with E-state index in [4.69, 9.17) is 4.74 Å². The zero-order valence-corrected chi connectivity index (χ0v) is 12.4. The number of amides is 1. The molecule has 0 saturated carbocycles. The number of hydrogen-bond donors (Lipinski definition) is 0. The molecule has 3 nitrogen and oxygen atoms in total. The second kappa shape index (κ2) is 5.98. The smallest absolute Gasteiger partial charge is 0.254 e. The first-order valence-corrected chi connectivity index (χ1v) is 7.34. The molecular weight excluding hydrogens is 350 g/mol. The third-order valence-corrected chi connectivity index (χ3v) is 3.94. The second-order valence-corrected chi connectivity index (χ2v) is 5.47. The molecule has 0 N–H and O–H groups in total. The van der Waals surface area contributed by atoms with Crippen LogP contribution >= 0.6 is 31.9 Å². The maximum atomic E-state index is 12.2. The normalized spacial score (nSPS) is 20.4. The number of carbonyl (C=O) groups excluding carboxylic acids is 1. The van der Waals surface area contributed by atoms with E-state index in [0.717, 1.165) is 15.4 Å². The van der Waals surface area contributed by atoms with Gasteiger partial charge in [0.2, 0.25) is 0 Å². The summed E-state index contributed by atoms with van der Waals surface area (Å²) >= 11 is 6.74. The summed E-state index contributed by atoms with van der Waals surface area (Å²) in [7, 11) is 0. The van der Waals surface area contributed by atoms with Crippen LogP contribution in [0.3, 0.4) is 0 Å². The Balaban J connectivity index is 2.06. The van der Waals surface area contributed by atoms with Gasteiger partial charge in [-0.15, -0.1) is 0 Å². The molecule has 1 aliphatic rings. The number of nitrogens with zero attached hydrogens (tertiary/aromatic N) is 1. The Hall–Kier alpha value is -0.390. The molecule has 1 aliphatic heterocycles. The van der Waals surface area contributed by atoms with Crippen LogP contribution in [0.25, 0.3) is 0 Å². The van der Waals surface area contributed by atoms with Crippen molar-refractivity contribution in [3.8, 4) is 0 Å². The summed E-state index contributed by atoms with van der Waals surface area (Å²) in [5.74, 6) is 0.0757. The third kappa shape index (κ3) is 3.30. The van der Waals surface area contributed by atoms with Crippen LogP contribution in [0, 0.1) is 0 Å². The Bertz CT molecular complexity index is 394. The third-order valence-electron chi connectivity index (χ3n) is 2.69. The van der Waals surface area contributed by atoms with E-state index in [0.29, 0.717) is 19.7 Å². The topological polar surface area (TPSA) is 29.5 Å². The molecule has 1 amide bonds. The fraction of sp³-hybridized carbons (Fsp3) is 0.417. The van der Waals surface area contributed by atoms with Crippen molar-refractivity contribution in [2.45, 2.75) is 6.10 Å². The lowest BCUT2D eigenvalue weighted by Crippen LogP contribution is -2.46. The summed E-state index contributed by atoms with van der Waals surface area (Å²) in [6.45, 7) is 1.93. The van der Waals surface area contributed by atoms with Gasteiger partial charge in [0.15, 0.2) is 0 Å². The largest absolute Gasteiger partial charge is 0.374 e. The number of ether oxygens (including phenoxy) is 1. The van der Waals surface area contributed by atoms with Gasteiger partial charge in [-0.25, -0.2) is 0 Å². The molecule has 0 aliphatic carbocycles. The predicted molar refractivity (Wildman–Crippen MR) is 73.6 cm³/mol. The zero-order valence-electron chi connectivity index (χ0n) is 9.23. The lowest BCUT2D eigenvalue weighted by Gasteiger charge is -2.32. The van der Waals surface area contributed by atoms with E-state index in [1.54, 1.807) is 0 Å². The van der Waals surface area contributed by atoms with E-state index in [1.165, 1.54) is 0 Å². The van der Waals surface area contributed by atoms with Crippen LogP contribution in [0.2, 0.25) is 0 Å². The molecule has 92 valence electrons. The summed E-state index contributed by atoms with van der Waals surface area (Å²) < 4.78 is 6.50. The molecule has 1 unspecified atom stereocenters. The van der Waals surface area contributed by atoms with Crippen molar-refractivity contribution in [2.24, 2.45) is 0 Å². The molecule has 17 heavy (non-hydrogen) atoms. The first-order valence-electron chi connectivity index (χ1n) is 5.43. The van der Waals surface area contributed by atoms with Crippen molar-refractivity contribution in [1.82, 2.24) is 4.90 Å². The van der Waals surface area contributed by atoms with Crippen LogP contribution in [-0.4, -0.2) is 41.9 Å². The Morgan fingerprint density at radius 2 is 2.12 bits per heavy atom. The fourth-order valence-corrected chi connectivity index (χ4v) is 2.43. The number of morpholine rings is 1. The highest BCUT2D eigenvalue weighted by molar-refractivity contribution is 9.10. The lowest BCUT2D eigenvalue weighted by atomic mass is 10.2. The number of benzene rings is 1. The molecule has 1 atom stereocenters. The molecule has 1 heterocycles. The molecule has 5 heteroatoms. The first-order chi connectivity index (χ1) is 8.20. The van der Waals surface area contributed by atoms with Gasteiger partial charge in [-0.05, 0) is 24.3 Å². The maximum Gasteiger partial charge on any atom is 0.254 e. The molecule has 1 fully saturated rings. The van der Waals surface area contributed by atoms with Crippen molar-refractivity contribution in [3.63, 3.8) is 0 Å². The maximum absolute atomic E-state index is 12.2. The molecule has 0 bridgehead atoms. The molecule has 0 spiro atoms. The van der Waals surface area contributed by atoms with Crippen LogP contribution in [0.4, 0.5) is 0 Å². The number of rotatable bonds is 2. The Morgan fingerprint density at radius 1 is 1.41 bits per heavy atom. The Kier molecular flexibility index (Phi) is 4.59. The standard InChI is InChI=1S/C12H13Br2NO2/c13-7-11-8-15(5-6-17-11)12(16)9-1-3-10(14)4-2-9/h1-4,11H,5-8H2. The van der Waals surface area contributed by atoms with Crippen LogP contribution in [0.5, 0.6) is 0 Å². The molecule has 2 rings (SSSR count). The molecule has 1 aromatic rings. The van der Waals surface area contributed by atoms with Gasteiger partial charge in [-0.2, -0.15) is 0 Å². The molecule has 1 saturated heterocycles. The number of alkyl halides is 1. The van der Waals surface area contributed by atoms with Crippen molar-refractivity contribution in [2.75, 3.05) is 25.0 Å². The lowest BCUT2D eigenvalue weighted by molar-refractivity contribution is -0.00965. The number of hydrogen-bond acceptors (Lipinski definition) is 2. The van der Waals surface area contributed by atoms with Gasteiger partial charge < -0.3 is 9.64 Å². The minimum absolute atomic E-state index is 0.0757. The van der Waals surface area contributed by atoms with Gasteiger partial charge in [0.1, 0.15) is 0 Å². The molecular formula is C12H13Br2NO2. The molecule has 1 aromatic carbocycles. The average molecular weight is 363 g/mol. The second-order valence-electron chi connectivity index (χ2n) is 3.91. The van der Waals surface area contributed by atoms with Gasteiger partial charge in [0, 0.05) is 28.5 Å². The van der Waals surface area contributed by atoms with Gasteiger partial charge >= 0.3 is 0 Å². The van der Waals surface area contributed by atoms with Gasteiger partial charge in [-0.1, -0.05) is 31.9 Å². The fourth-order valence-electron chi connectivity index (χ4n) is 1.77. The van der Waals surface area contributed by atoms with E-state index < -0.39 is 0 Å². The highest BCUT2D eigenvalue weighted by Crippen LogP contribution is 2.15. The van der Waals surface area contributed by atoms with E-state index in [1.807, 2.05) is 29.2 Å². The van der Waals surface area contributed by atoms with Crippen molar-refractivity contribution in [1.29, 1.82) is 0 Å². The molecule has 0 aromatic heterocycles. The van der Waals surface area contributed by atoms with E-state index >= 15 is 0 Å². The van der Waals surface area contributed by atoms with Crippen LogP contribution in [-0.2, 0) is 4.74 Å².